The zero-order valence-corrected chi connectivity index (χ0v) is 13.6. The number of nitrogens with two attached hydrogens (primary N) is 1. The van der Waals surface area contributed by atoms with Gasteiger partial charge in [0.25, 0.3) is 5.91 Å². The number of sulfonamides is 1. The molecule has 0 aromatic heterocycles. The Balaban J connectivity index is 3.36. The van der Waals surface area contributed by atoms with E-state index in [2.05, 4.69) is 21.2 Å². The summed E-state index contributed by atoms with van der Waals surface area (Å²) in [6.45, 7) is 7.27. The molecule has 0 saturated carbocycles. The number of hydrogen-bond acceptors (Lipinski definition) is 3. The molecule has 106 valence electrons. The van der Waals surface area contributed by atoms with Crippen molar-refractivity contribution in [3.8, 4) is 0 Å². The first-order valence-electron chi connectivity index (χ1n) is 5.57. The predicted octanol–water partition coefficient (Wildman–Crippen LogP) is 1.93. The Hall–Kier alpha value is -0.920. The van der Waals surface area contributed by atoms with Gasteiger partial charge in [0.15, 0.2) is 0 Å². The van der Waals surface area contributed by atoms with Crippen LogP contribution in [0.4, 0.5) is 0 Å². The minimum Gasteiger partial charge on any atom is -0.347 e. The Kier molecular flexibility index (Phi) is 4.44. The van der Waals surface area contributed by atoms with Gasteiger partial charge < -0.3 is 5.32 Å². The third-order valence-electron chi connectivity index (χ3n) is 2.38. The Morgan fingerprint density at radius 1 is 1.32 bits per heavy atom. The lowest BCUT2D eigenvalue weighted by Crippen LogP contribution is -2.41. The summed E-state index contributed by atoms with van der Waals surface area (Å²) in [4.78, 5) is 12.1. The highest BCUT2D eigenvalue weighted by molar-refractivity contribution is 9.10. The van der Waals surface area contributed by atoms with E-state index >= 15 is 0 Å². The fraction of sp³-hybridized carbons (Fsp3) is 0.417. The predicted molar refractivity (Wildman–Crippen MR) is 77.5 cm³/mol. The molecule has 0 aliphatic heterocycles. The summed E-state index contributed by atoms with van der Waals surface area (Å²) >= 11 is 3.24. The first-order valence-corrected chi connectivity index (χ1v) is 7.91. The molecule has 3 N–H and O–H groups in total. The van der Waals surface area contributed by atoms with Crippen molar-refractivity contribution in [3.05, 3.63) is 27.7 Å². The van der Waals surface area contributed by atoms with Crippen LogP contribution in [0.3, 0.4) is 0 Å². The van der Waals surface area contributed by atoms with Gasteiger partial charge in [-0.15, -0.1) is 0 Å². The maximum Gasteiger partial charge on any atom is 0.252 e. The van der Waals surface area contributed by atoms with Crippen LogP contribution in [-0.4, -0.2) is 19.9 Å². The van der Waals surface area contributed by atoms with Gasteiger partial charge in [-0.05, 0) is 45.4 Å². The molecule has 1 rings (SSSR count). The van der Waals surface area contributed by atoms with E-state index in [1.807, 2.05) is 20.8 Å². The van der Waals surface area contributed by atoms with Crippen LogP contribution in [0.25, 0.3) is 0 Å². The molecule has 0 fully saturated rings. The molecule has 1 aromatic rings. The molecule has 0 atom stereocenters. The van der Waals surface area contributed by atoms with Gasteiger partial charge in [-0.3, -0.25) is 4.79 Å². The number of carbonyl (C=O) groups is 1. The number of rotatable bonds is 2. The van der Waals surface area contributed by atoms with Crippen LogP contribution in [-0.2, 0) is 10.0 Å². The first kappa shape index (κ1) is 16.1. The minimum atomic E-state index is -3.85. The smallest absolute Gasteiger partial charge is 0.252 e. The van der Waals surface area contributed by atoms with Crippen molar-refractivity contribution >= 4 is 31.9 Å². The second-order valence-corrected chi connectivity index (χ2v) is 7.74. The van der Waals surface area contributed by atoms with Crippen LogP contribution in [0, 0.1) is 6.92 Å². The van der Waals surface area contributed by atoms with Gasteiger partial charge in [0.05, 0.1) is 4.90 Å². The van der Waals surface area contributed by atoms with E-state index in [1.54, 1.807) is 6.92 Å². The van der Waals surface area contributed by atoms with Crippen molar-refractivity contribution in [2.45, 2.75) is 38.1 Å². The molecule has 0 bridgehead atoms. The molecule has 0 unspecified atom stereocenters. The summed E-state index contributed by atoms with van der Waals surface area (Å²) in [5.74, 6) is -0.337. The van der Waals surface area contributed by atoms with Crippen LogP contribution in [0.5, 0.6) is 0 Å². The molecule has 0 spiro atoms. The fourth-order valence-corrected chi connectivity index (χ4v) is 2.64. The maximum absolute atomic E-state index is 12.1. The van der Waals surface area contributed by atoms with E-state index in [-0.39, 0.29) is 16.4 Å². The number of nitrogens with one attached hydrogen (secondary N) is 1. The quantitative estimate of drug-likeness (QED) is 0.855. The Morgan fingerprint density at radius 2 is 1.84 bits per heavy atom. The largest absolute Gasteiger partial charge is 0.347 e. The zero-order chi connectivity index (χ0) is 15.0. The molecule has 0 saturated heterocycles. The van der Waals surface area contributed by atoms with Gasteiger partial charge in [-0.25, -0.2) is 13.6 Å². The van der Waals surface area contributed by atoms with Crippen molar-refractivity contribution < 1.29 is 13.2 Å². The van der Waals surface area contributed by atoms with Gasteiger partial charge in [-0.2, -0.15) is 0 Å². The monoisotopic (exact) mass is 348 g/mol. The summed E-state index contributed by atoms with van der Waals surface area (Å²) < 4.78 is 23.3. The van der Waals surface area contributed by atoms with E-state index in [9.17, 15) is 13.2 Å². The zero-order valence-electron chi connectivity index (χ0n) is 11.2. The van der Waals surface area contributed by atoms with E-state index in [0.717, 1.165) is 0 Å². The summed E-state index contributed by atoms with van der Waals surface area (Å²) in [5.41, 5.74) is 0.538. The summed E-state index contributed by atoms with van der Waals surface area (Å²) in [7, 11) is -3.85. The third kappa shape index (κ3) is 4.29. The lowest BCUT2D eigenvalue weighted by Gasteiger charge is -2.21. The Bertz CT molecular complexity index is 619. The standard InChI is InChI=1S/C12H17BrN2O3S/c1-7-9(11(16)15-12(2,3)4)5-8(6-10(7)13)19(14,17)18/h5-6H,1-4H3,(H,15,16)(H2,14,17,18). The van der Waals surface area contributed by atoms with Crippen molar-refractivity contribution in [1.29, 1.82) is 0 Å². The molecular formula is C12H17BrN2O3S. The van der Waals surface area contributed by atoms with Crippen molar-refractivity contribution in [2.24, 2.45) is 5.14 Å². The average Bonchev–Trinajstić information content (AvgIpc) is 2.17. The minimum absolute atomic E-state index is 0.0935. The Labute approximate surface area is 121 Å². The maximum atomic E-state index is 12.1. The molecule has 19 heavy (non-hydrogen) atoms. The van der Waals surface area contributed by atoms with Crippen LogP contribution in [0.2, 0.25) is 0 Å². The van der Waals surface area contributed by atoms with Crippen LogP contribution < -0.4 is 10.5 Å². The van der Waals surface area contributed by atoms with Gasteiger partial charge >= 0.3 is 0 Å². The van der Waals surface area contributed by atoms with Crippen molar-refractivity contribution in [3.63, 3.8) is 0 Å². The number of hydrogen-bond donors (Lipinski definition) is 2. The molecule has 0 radical (unpaired) electrons. The molecular weight excluding hydrogens is 332 g/mol. The van der Waals surface area contributed by atoms with Gasteiger partial charge in [0.1, 0.15) is 0 Å². The van der Waals surface area contributed by atoms with E-state index < -0.39 is 15.6 Å². The van der Waals surface area contributed by atoms with Crippen LogP contribution in [0.1, 0.15) is 36.7 Å². The van der Waals surface area contributed by atoms with E-state index in [4.69, 9.17) is 5.14 Å². The topological polar surface area (TPSA) is 89.3 Å². The second kappa shape index (κ2) is 5.22. The average molecular weight is 349 g/mol. The number of carbonyl (C=O) groups excluding carboxylic acids is 1. The molecule has 0 aliphatic carbocycles. The van der Waals surface area contributed by atoms with Gasteiger partial charge in [-0.1, -0.05) is 15.9 Å². The van der Waals surface area contributed by atoms with E-state index in [1.165, 1.54) is 12.1 Å². The van der Waals surface area contributed by atoms with Crippen LogP contribution in [0.15, 0.2) is 21.5 Å². The molecule has 1 aromatic carbocycles. The van der Waals surface area contributed by atoms with Crippen molar-refractivity contribution in [2.75, 3.05) is 0 Å². The molecule has 0 aliphatic rings. The molecule has 1 amide bonds. The Morgan fingerprint density at radius 3 is 2.26 bits per heavy atom. The number of halogens is 1. The highest BCUT2D eigenvalue weighted by Crippen LogP contribution is 2.24. The SMILES string of the molecule is Cc1c(Br)cc(S(N)(=O)=O)cc1C(=O)NC(C)(C)C. The first-order chi connectivity index (χ1) is 8.42. The third-order valence-corrected chi connectivity index (χ3v) is 4.10. The number of amides is 1. The molecule has 0 heterocycles. The lowest BCUT2D eigenvalue weighted by atomic mass is 10.0. The molecule has 5 nitrogen and oxygen atoms in total. The summed E-state index contributed by atoms with van der Waals surface area (Å²) in [5, 5.41) is 7.88. The lowest BCUT2D eigenvalue weighted by molar-refractivity contribution is 0.0918. The van der Waals surface area contributed by atoms with Gasteiger partial charge in [0, 0.05) is 15.6 Å². The number of primary sulfonamides is 1. The summed E-state index contributed by atoms with van der Waals surface area (Å²) in [6.07, 6.45) is 0. The van der Waals surface area contributed by atoms with E-state index in [0.29, 0.717) is 10.0 Å². The van der Waals surface area contributed by atoms with Crippen molar-refractivity contribution in [1.82, 2.24) is 5.32 Å². The normalized spacial score (nSPS) is 12.3. The van der Waals surface area contributed by atoms with Gasteiger partial charge in [0.2, 0.25) is 10.0 Å². The highest BCUT2D eigenvalue weighted by Gasteiger charge is 2.20. The van der Waals surface area contributed by atoms with Crippen LogP contribution >= 0.6 is 15.9 Å². The fourth-order valence-electron chi connectivity index (χ4n) is 1.46. The highest BCUT2D eigenvalue weighted by atomic mass is 79.9. The second-order valence-electron chi connectivity index (χ2n) is 5.33. The number of benzene rings is 1. The molecule has 7 heteroatoms. The summed E-state index contributed by atoms with van der Waals surface area (Å²) in [6, 6.07) is 2.68.